The quantitative estimate of drug-likeness (QED) is 0.701. The zero-order valence-electron chi connectivity index (χ0n) is 15.3. The van der Waals surface area contributed by atoms with Gasteiger partial charge in [-0.1, -0.05) is 0 Å². The lowest BCUT2D eigenvalue weighted by molar-refractivity contribution is 0.0954. The van der Waals surface area contributed by atoms with E-state index in [2.05, 4.69) is 26.2 Å². The summed E-state index contributed by atoms with van der Waals surface area (Å²) in [5.74, 6) is -0.293. The van der Waals surface area contributed by atoms with Crippen LogP contribution in [0.3, 0.4) is 0 Å². The van der Waals surface area contributed by atoms with Crippen molar-refractivity contribution >= 4 is 43.2 Å². The van der Waals surface area contributed by atoms with Crippen LogP contribution in [0, 0.1) is 0 Å². The minimum Gasteiger partial charge on any atom is -0.352 e. The molecule has 1 N–H and O–H groups in total. The van der Waals surface area contributed by atoms with Crippen LogP contribution in [-0.2, 0) is 29.3 Å². The molecule has 2 aromatic rings. The number of carbonyl (C=O) groups excluding carboxylic acids is 1. The van der Waals surface area contributed by atoms with Gasteiger partial charge in [0.25, 0.3) is 5.91 Å². The first-order chi connectivity index (χ1) is 12.8. The summed E-state index contributed by atoms with van der Waals surface area (Å²) in [6, 6.07) is 4.59. The molecule has 3 rings (SSSR count). The van der Waals surface area contributed by atoms with Gasteiger partial charge < -0.3 is 5.32 Å². The van der Waals surface area contributed by atoms with E-state index in [4.69, 9.17) is 0 Å². The van der Waals surface area contributed by atoms with Crippen molar-refractivity contribution < 1.29 is 13.2 Å². The van der Waals surface area contributed by atoms with Crippen molar-refractivity contribution in [3.8, 4) is 0 Å². The fraction of sp³-hybridized carbons (Fsp3) is 0.444. The Bertz CT molecular complexity index is 931. The number of carbonyl (C=O) groups is 1. The molecule has 27 heavy (non-hydrogen) atoms. The van der Waals surface area contributed by atoms with Crippen LogP contribution in [0.2, 0.25) is 0 Å². The maximum atomic E-state index is 12.4. The molecule has 1 amide bonds. The van der Waals surface area contributed by atoms with Crippen molar-refractivity contribution in [2.24, 2.45) is 0 Å². The van der Waals surface area contributed by atoms with Gasteiger partial charge in [0.2, 0.25) is 10.0 Å². The number of nitrogens with zero attached hydrogens (tertiary/aromatic N) is 2. The number of hydrogen-bond donors (Lipinski definition) is 1. The van der Waals surface area contributed by atoms with E-state index in [-0.39, 0.29) is 10.8 Å². The normalized spacial score (nSPS) is 14.2. The summed E-state index contributed by atoms with van der Waals surface area (Å²) in [4.78, 5) is 18.6. The Kier molecular flexibility index (Phi) is 6.35. The van der Waals surface area contributed by atoms with Gasteiger partial charge in [-0.05, 0) is 59.8 Å². The average Bonchev–Trinajstić information content (AvgIpc) is 3.04. The maximum Gasteiger partial charge on any atom is 0.251 e. The lowest BCUT2D eigenvalue weighted by Gasteiger charge is -2.14. The number of aromatic nitrogens is 1. The van der Waals surface area contributed by atoms with Gasteiger partial charge in [-0.3, -0.25) is 4.79 Å². The molecule has 0 spiro atoms. The van der Waals surface area contributed by atoms with Crippen molar-refractivity contribution in [1.82, 2.24) is 14.6 Å². The van der Waals surface area contributed by atoms with Gasteiger partial charge in [-0.2, -0.15) is 0 Å². The van der Waals surface area contributed by atoms with Gasteiger partial charge in [0, 0.05) is 42.0 Å². The van der Waals surface area contributed by atoms with Crippen molar-refractivity contribution in [1.29, 1.82) is 0 Å². The zero-order valence-corrected chi connectivity index (χ0v) is 18.5. The van der Waals surface area contributed by atoms with Crippen LogP contribution in [0.4, 0.5) is 0 Å². The van der Waals surface area contributed by atoms with Crippen molar-refractivity contribution in [3.05, 3.63) is 43.8 Å². The van der Waals surface area contributed by atoms with Gasteiger partial charge in [-0.25, -0.2) is 17.7 Å². The lowest BCUT2D eigenvalue weighted by atomic mass is 10.0. The number of thiazole rings is 1. The van der Waals surface area contributed by atoms with Crippen molar-refractivity contribution in [2.45, 2.75) is 37.0 Å². The number of amides is 1. The predicted octanol–water partition coefficient (Wildman–Crippen LogP) is 3.01. The van der Waals surface area contributed by atoms with Gasteiger partial charge >= 0.3 is 0 Å². The van der Waals surface area contributed by atoms with Gasteiger partial charge in [-0.15, -0.1) is 11.3 Å². The van der Waals surface area contributed by atoms with E-state index >= 15 is 0 Å². The molecule has 1 heterocycles. The highest BCUT2D eigenvalue weighted by atomic mass is 79.9. The highest BCUT2D eigenvalue weighted by Gasteiger charge is 2.22. The van der Waals surface area contributed by atoms with E-state index in [0.717, 1.165) is 22.2 Å². The first-order valence-corrected chi connectivity index (χ1v) is 11.8. The van der Waals surface area contributed by atoms with E-state index in [9.17, 15) is 13.2 Å². The second-order valence-electron chi connectivity index (χ2n) is 6.62. The number of aryl methyl sites for hydroxylation is 2. The molecule has 1 aliphatic carbocycles. The summed E-state index contributed by atoms with van der Waals surface area (Å²) < 4.78 is 26.3. The number of nitrogens with one attached hydrogen (secondary N) is 1. The smallest absolute Gasteiger partial charge is 0.251 e. The number of hydrogen-bond acceptors (Lipinski definition) is 5. The van der Waals surface area contributed by atoms with Crippen LogP contribution >= 0.6 is 27.3 Å². The fourth-order valence-corrected chi connectivity index (χ4v) is 5.94. The van der Waals surface area contributed by atoms with Crippen LogP contribution < -0.4 is 5.32 Å². The SMILES string of the molecule is CN(C)S(=O)(=O)c1cc(C(=O)NCCc2nc3c(s2)CCCC3)ccc1Br. The largest absolute Gasteiger partial charge is 0.352 e. The molecular weight excluding hydrogens is 450 g/mol. The van der Waals surface area contributed by atoms with Crippen molar-refractivity contribution in [2.75, 3.05) is 20.6 Å². The number of benzene rings is 1. The molecule has 0 unspecified atom stereocenters. The van der Waals surface area contributed by atoms with Crippen LogP contribution in [0.15, 0.2) is 27.6 Å². The van der Waals surface area contributed by atoms with Crippen LogP contribution in [0.1, 0.15) is 38.8 Å². The summed E-state index contributed by atoms with van der Waals surface area (Å²) in [5, 5.41) is 3.91. The number of halogens is 1. The Morgan fingerprint density at radius 3 is 2.74 bits per heavy atom. The molecule has 0 saturated carbocycles. The predicted molar refractivity (Wildman–Crippen MR) is 110 cm³/mol. The zero-order chi connectivity index (χ0) is 19.6. The molecule has 0 aliphatic heterocycles. The van der Waals surface area contributed by atoms with Crippen LogP contribution in [-0.4, -0.2) is 44.3 Å². The summed E-state index contributed by atoms with van der Waals surface area (Å²) in [5.41, 5.74) is 1.54. The third kappa shape index (κ3) is 4.59. The summed E-state index contributed by atoms with van der Waals surface area (Å²) in [6.07, 6.45) is 5.28. The average molecular weight is 472 g/mol. The van der Waals surface area contributed by atoms with Gasteiger partial charge in [0.05, 0.1) is 15.6 Å². The first kappa shape index (κ1) is 20.4. The molecule has 9 heteroatoms. The number of fused-ring (bicyclic) bond motifs is 1. The number of sulfonamides is 1. The molecule has 6 nitrogen and oxygen atoms in total. The van der Waals surface area contributed by atoms with Crippen LogP contribution in [0.5, 0.6) is 0 Å². The molecule has 0 atom stereocenters. The molecular formula is C18H22BrN3O3S2. The molecule has 0 saturated heterocycles. The van der Waals surface area contributed by atoms with E-state index in [1.807, 2.05) is 0 Å². The Labute approximate surface area is 172 Å². The van der Waals surface area contributed by atoms with E-state index in [1.165, 1.54) is 43.6 Å². The molecule has 0 bridgehead atoms. The summed E-state index contributed by atoms with van der Waals surface area (Å²) >= 11 is 4.99. The van der Waals surface area contributed by atoms with Crippen molar-refractivity contribution in [3.63, 3.8) is 0 Å². The fourth-order valence-electron chi connectivity index (χ4n) is 2.94. The third-order valence-corrected chi connectivity index (χ3v) is 8.49. The Balaban J connectivity index is 1.65. The Hall–Kier alpha value is -1.29. The highest BCUT2D eigenvalue weighted by molar-refractivity contribution is 9.10. The molecule has 1 aromatic heterocycles. The topological polar surface area (TPSA) is 79.4 Å². The summed E-state index contributed by atoms with van der Waals surface area (Å²) in [6.45, 7) is 0.469. The molecule has 1 aromatic carbocycles. The second-order valence-corrected chi connectivity index (χ2v) is 10.8. The van der Waals surface area contributed by atoms with Crippen LogP contribution in [0.25, 0.3) is 0 Å². The third-order valence-electron chi connectivity index (χ3n) is 4.47. The summed E-state index contributed by atoms with van der Waals surface area (Å²) in [7, 11) is -0.710. The van der Waals surface area contributed by atoms with Gasteiger partial charge in [0.15, 0.2) is 0 Å². The van der Waals surface area contributed by atoms with E-state index < -0.39 is 10.0 Å². The minimum absolute atomic E-state index is 0.0766. The first-order valence-electron chi connectivity index (χ1n) is 8.77. The molecule has 146 valence electrons. The molecule has 0 fully saturated rings. The molecule has 0 radical (unpaired) electrons. The van der Waals surface area contributed by atoms with Gasteiger partial charge in [0.1, 0.15) is 0 Å². The molecule has 1 aliphatic rings. The Morgan fingerprint density at radius 2 is 2.04 bits per heavy atom. The maximum absolute atomic E-state index is 12.4. The van der Waals surface area contributed by atoms with E-state index in [1.54, 1.807) is 23.5 Å². The Morgan fingerprint density at radius 1 is 1.30 bits per heavy atom. The monoisotopic (exact) mass is 471 g/mol. The standard InChI is InChI=1S/C18H22BrN3O3S2/c1-22(2)27(24,25)16-11-12(7-8-13(16)19)18(23)20-10-9-17-21-14-5-3-4-6-15(14)26-17/h7-8,11H,3-6,9-10H2,1-2H3,(H,20,23). The van der Waals surface area contributed by atoms with E-state index in [0.29, 0.717) is 23.0 Å². The minimum atomic E-state index is -3.63. The lowest BCUT2D eigenvalue weighted by Crippen LogP contribution is -2.27. The second kappa shape index (κ2) is 8.38. The highest BCUT2D eigenvalue weighted by Crippen LogP contribution is 2.27. The number of rotatable bonds is 6.